The van der Waals surface area contributed by atoms with Gasteiger partial charge in [-0.1, -0.05) is 19.1 Å². The Labute approximate surface area is 121 Å². The third-order valence-electron chi connectivity index (χ3n) is 2.79. The molecule has 5 nitrogen and oxygen atoms in total. The topological polar surface area (TPSA) is 67.4 Å². The van der Waals surface area contributed by atoms with Gasteiger partial charge in [0.1, 0.15) is 5.75 Å². The molecule has 0 aromatic heterocycles. The Morgan fingerprint density at radius 1 is 1.20 bits per heavy atom. The first-order valence-electron chi connectivity index (χ1n) is 6.83. The fourth-order valence-corrected chi connectivity index (χ4v) is 2.19. The van der Waals surface area contributed by atoms with Gasteiger partial charge in [-0.25, -0.2) is 13.1 Å². The summed E-state index contributed by atoms with van der Waals surface area (Å²) in [7, 11) is -3.11. The molecule has 0 aliphatic heterocycles. The van der Waals surface area contributed by atoms with Crippen molar-refractivity contribution in [3.05, 3.63) is 29.8 Å². The Bertz CT molecular complexity index is 486. The number of nitrogens with one attached hydrogen (secondary N) is 2. The smallest absolute Gasteiger partial charge is 0.208 e. The van der Waals surface area contributed by atoms with E-state index in [0.717, 1.165) is 30.6 Å². The molecular formula is C14H24N2O3S. The lowest BCUT2D eigenvalue weighted by atomic mass is 10.1. The molecule has 1 rings (SSSR count). The first kappa shape index (κ1) is 16.9. The van der Waals surface area contributed by atoms with Crippen LogP contribution in [0.3, 0.4) is 0 Å². The lowest BCUT2D eigenvalue weighted by Crippen LogP contribution is -2.32. The van der Waals surface area contributed by atoms with Crippen LogP contribution in [0.15, 0.2) is 24.3 Å². The molecule has 0 bridgehead atoms. The van der Waals surface area contributed by atoms with E-state index in [1.54, 1.807) is 0 Å². The Balaban J connectivity index is 2.37. The van der Waals surface area contributed by atoms with Gasteiger partial charge in [-0.15, -0.1) is 0 Å². The molecule has 0 saturated carbocycles. The van der Waals surface area contributed by atoms with Gasteiger partial charge in [-0.2, -0.15) is 0 Å². The van der Waals surface area contributed by atoms with Gasteiger partial charge >= 0.3 is 0 Å². The van der Waals surface area contributed by atoms with Crippen LogP contribution in [0.25, 0.3) is 0 Å². The van der Waals surface area contributed by atoms with Crippen molar-refractivity contribution in [3.63, 3.8) is 0 Å². The second-order valence-electron chi connectivity index (χ2n) is 4.76. The van der Waals surface area contributed by atoms with Gasteiger partial charge in [0.25, 0.3) is 0 Å². The quantitative estimate of drug-likeness (QED) is 0.681. The molecule has 0 heterocycles. The largest absolute Gasteiger partial charge is 0.494 e. The van der Waals surface area contributed by atoms with E-state index < -0.39 is 10.0 Å². The summed E-state index contributed by atoms with van der Waals surface area (Å²) in [6, 6.07) is 8.12. The van der Waals surface area contributed by atoms with Crippen molar-refractivity contribution in [2.45, 2.75) is 26.3 Å². The maximum absolute atomic E-state index is 10.9. The molecule has 1 atom stereocenters. The van der Waals surface area contributed by atoms with Crippen LogP contribution in [-0.4, -0.2) is 34.4 Å². The first-order valence-corrected chi connectivity index (χ1v) is 8.72. The summed E-state index contributed by atoms with van der Waals surface area (Å²) in [5, 5.41) is 3.27. The van der Waals surface area contributed by atoms with Crippen molar-refractivity contribution in [2.75, 3.05) is 26.0 Å². The maximum atomic E-state index is 10.9. The van der Waals surface area contributed by atoms with Gasteiger partial charge in [0.2, 0.25) is 10.0 Å². The zero-order chi connectivity index (χ0) is 15.0. The van der Waals surface area contributed by atoms with Gasteiger partial charge in [0.15, 0.2) is 0 Å². The van der Waals surface area contributed by atoms with Crippen LogP contribution in [0.1, 0.15) is 31.9 Å². The van der Waals surface area contributed by atoms with Crippen LogP contribution in [-0.2, 0) is 10.0 Å². The molecule has 1 aromatic carbocycles. The molecule has 0 aliphatic carbocycles. The van der Waals surface area contributed by atoms with Crippen LogP contribution in [0, 0.1) is 0 Å². The van der Waals surface area contributed by atoms with Crippen LogP contribution < -0.4 is 14.8 Å². The third-order valence-corrected chi connectivity index (χ3v) is 3.52. The summed E-state index contributed by atoms with van der Waals surface area (Å²) < 4.78 is 29.8. The summed E-state index contributed by atoms with van der Waals surface area (Å²) in [5.74, 6) is 0.876. The molecule has 0 fully saturated rings. The predicted octanol–water partition coefficient (Wildman–Crippen LogP) is 1.68. The van der Waals surface area contributed by atoms with Crippen LogP contribution in [0.2, 0.25) is 0 Å². The molecule has 0 saturated heterocycles. The highest BCUT2D eigenvalue weighted by atomic mass is 32.2. The fourth-order valence-electron chi connectivity index (χ4n) is 1.72. The number of hydrogen-bond acceptors (Lipinski definition) is 4. The van der Waals surface area contributed by atoms with Gasteiger partial charge in [0.05, 0.1) is 12.9 Å². The van der Waals surface area contributed by atoms with E-state index >= 15 is 0 Å². The summed E-state index contributed by atoms with van der Waals surface area (Å²) in [4.78, 5) is 0. The van der Waals surface area contributed by atoms with E-state index in [4.69, 9.17) is 4.74 Å². The fraction of sp³-hybridized carbons (Fsp3) is 0.571. The molecule has 0 radical (unpaired) electrons. The van der Waals surface area contributed by atoms with E-state index in [1.807, 2.05) is 31.2 Å². The number of ether oxygens (including phenoxy) is 1. The lowest BCUT2D eigenvalue weighted by molar-refractivity contribution is 0.317. The number of rotatable bonds is 9. The standard InChI is InChI=1S/C14H24N2O3S/c1-4-11-19-14-7-5-13(6-8-14)12(2)15-9-10-16-20(3,17)18/h5-8,12,15-16H,4,9-11H2,1-3H3. The number of sulfonamides is 1. The number of hydrogen-bond donors (Lipinski definition) is 2. The van der Waals surface area contributed by atoms with Crippen LogP contribution >= 0.6 is 0 Å². The van der Waals surface area contributed by atoms with Crippen molar-refractivity contribution in [1.82, 2.24) is 10.0 Å². The highest BCUT2D eigenvalue weighted by Gasteiger charge is 2.05. The van der Waals surface area contributed by atoms with Gasteiger partial charge in [0, 0.05) is 19.1 Å². The van der Waals surface area contributed by atoms with Crippen LogP contribution in [0.5, 0.6) is 5.75 Å². The van der Waals surface area contributed by atoms with Crippen molar-refractivity contribution >= 4 is 10.0 Å². The molecule has 0 spiro atoms. The maximum Gasteiger partial charge on any atom is 0.208 e. The van der Waals surface area contributed by atoms with E-state index in [9.17, 15) is 8.42 Å². The molecule has 1 unspecified atom stereocenters. The molecule has 114 valence electrons. The average molecular weight is 300 g/mol. The molecule has 0 aliphatic rings. The summed E-state index contributed by atoms with van der Waals surface area (Å²) in [6.07, 6.45) is 2.15. The summed E-state index contributed by atoms with van der Waals surface area (Å²) >= 11 is 0. The highest BCUT2D eigenvalue weighted by Crippen LogP contribution is 2.17. The first-order chi connectivity index (χ1) is 9.42. The van der Waals surface area contributed by atoms with Crippen molar-refractivity contribution in [1.29, 1.82) is 0 Å². The molecule has 20 heavy (non-hydrogen) atoms. The Morgan fingerprint density at radius 3 is 2.40 bits per heavy atom. The Hall–Kier alpha value is -1.11. The van der Waals surface area contributed by atoms with Gasteiger partial charge < -0.3 is 10.1 Å². The van der Waals surface area contributed by atoms with Crippen molar-refractivity contribution in [2.24, 2.45) is 0 Å². The monoisotopic (exact) mass is 300 g/mol. The molecule has 6 heteroatoms. The average Bonchev–Trinajstić information content (AvgIpc) is 2.40. The zero-order valence-electron chi connectivity index (χ0n) is 12.3. The molecular weight excluding hydrogens is 276 g/mol. The van der Waals surface area contributed by atoms with E-state index in [-0.39, 0.29) is 6.04 Å². The normalized spacial score (nSPS) is 13.2. The second kappa shape index (κ2) is 8.24. The van der Waals surface area contributed by atoms with E-state index in [1.165, 1.54) is 0 Å². The third kappa shape index (κ3) is 6.88. The minimum atomic E-state index is -3.11. The van der Waals surface area contributed by atoms with Gasteiger partial charge in [-0.3, -0.25) is 0 Å². The Morgan fingerprint density at radius 2 is 1.85 bits per heavy atom. The van der Waals surface area contributed by atoms with Crippen molar-refractivity contribution < 1.29 is 13.2 Å². The van der Waals surface area contributed by atoms with E-state index in [0.29, 0.717) is 13.1 Å². The minimum Gasteiger partial charge on any atom is -0.494 e. The highest BCUT2D eigenvalue weighted by molar-refractivity contribution is 7.88. The SMILES string of the molecule is CCCOc1ccc(C(C)NCCNS(C)(=O)=O)cc1. The van der Waals surface area contributed by atoms with E-state index in [2.05, 4.69) is 17.0 Å². The Kier molecular flexibility index (Phi) is 6.98. The molecule has 0 amide bonds. The number of benzene rings is 1. The zero-order valence-corrected chi connectivity index (χ0v) is 13.2. The predicted molar refractivity (Wildman–Crippen MR) is 81.5 cm³/mol. The molecule has 2 N–H and O–H groups in total. The summed E-state index contributed by atoms with van der Waals surface area (Å²) in [5.41, 5.74) is 1.15. The van der Waals surface area contributed by atoms with Crippen molar-refractivity contribution in [3.8, 4) is 5.75 Å². The van der Waals surface area contributed by atoms with Crippen LogP contribution in [0.4, 0.5) is 0 Å². The second-order valence-corrected chi connectivity index (χ2v) is 6.59. The molecule has 1 aromatic rings. The van der Waals surface area contributed by atoms with Gasteiger partial charge in [-0.05, 0) is 31.0 Å². The lowest BCUT2D eigenvalue weighted by Gasteiger charge is -2.15. The summed E-state index contributed by atoms with van der Waals surface area (Å²) in [6.45, 7) is 5.82. The minimum absolute atomic E-state index is 0.164.